The minimum atomic E-state index is -0.127. The van der Waals surface area contributed by atoms with Crippen molar-refractivity contribution in [3.05, 3.63) is 101 Å². The lowest BCUT2D eigenvalue weighted by Crippen LogP contribution is -2.30. The number of benzene rings is 1. The molecule has 4 heterocycles. The third-order valence-corrected chi connectivity index (χ3v) is 6.74. The number of hydrogen-bond acceptors (Lipinski definition) is 4. The molecule has 0 saturated carbocycles. The van der Waals surface area contributed by atoms with Crippen LogP contribution in [-0.2, 0) is 0 Å². The van der Waals surface area contributed by atoms with E-state index in [1.807, 2.05) is 60.9 Å². The number of ether oxygens (including phenoxy) is 1. The highest BCUT2D eigenvalue weighted by Gasteiger charge is 2.43. The van der Waals surface area contributed by atoms with Crippen molar-refractivity contribution in [2.24, 2.45) is 0 Å². The zero-order valence-corrected chi connectivity index (χ0v) is 20.5. The molecule has 1 aliphatic rings. The smallest absolute Gasteiger partial charge is 0.174 e. The van der Waals surface area contributed by atoms with Crippen molar-refractivity contribution in [2.75, 3.05) is 12.0 Å². The Hall–Kier alpha value is -3.71. The maximum atomic E-state index is 5.89. The van der Waals surface area contributed by atoms with Gasteiger partial charge in [0.1, 0.15) is 11.6 Å². The van der Waals surface area contributed by atoms with Crippen LogP contribution < -0.4 is 15.0 Å². The maximum absolute atomic E-state index is 5.89. The van der Waals surface area contributed by atoms with Crippen LogP contribution >= 0.6 is 12.2 Å². The zero-order chi connectivity index (χ0) is 23.8. The van der Waals surface area contributed by atoms with E-state index in [2.05, 4.69) is 57.7 Å². The fourth-order valence-electron chi connectivity index (χ4n) is 4.88. The van der Waals surface area contributed by atoms with Crippen LogP contribution in [0, 0.1) is 20.8 Å². The number of thiocarbonyl (C=S) groups is 1. The SMILES string of the molecule is COc1ccccc1N1C(=S)N[C@@H](c2ccccn2)[C@@H]1c1cc(C)n(-c2ncccc2C)c1C. The summed E-state index contributed by atoms with van der Waals surface area (Å²) in [5.41, 5.74) is 6.38. The van der Waals surface area contributed by atoms with Crippen molar-refractivity contribution in [1.82, 2.24) is 19.9 Å². The lowest BCUT2D eigenvalue weighted by molar-refractivity contribution is 0.414. The van der Waals surface area contributed by atoms with E-state index in [0.717, 1.165) is 45.5 Å². The van der Waals surface area contributed by atoms with E-state index in [9.17, 15) is 0 Å². The predicted octanol–water partition coefficient (Wildman–Crippen LogP) is 5.38. The summed E-state index contributed by atoms with van der Waals surface area (Å²) in [6, 6.07) is 20.0. The van der Waals surface area contributed by atoms with Gasteiger partial charge < -0.3 is 19.5 Å². The van der Waals surface area contributed by atoms with Gasteiger partial charge in [0.25, 0.3) is 0 Å². The third kappa shape index (κ3) is 3.62. The van der Waals surface area contributed by atoms with Crippen molar-refractivity contribution in [2.45, 2.75) is 32.9 Å². The van der Waals surface area contributed by atoms with Gasteiger partial charge in [-0.2, -0.15) is 0 Å². The molecule has 1 saturated heterocycles. The first-order valence-corrected chi connectivity index (χ1v) is 11.7. The van der Waals surface area contributed by atoms with E-state index in [1.54, 1.807) is 7.11 Å². The second kappa shape index (κ2) is 8.91. The molecule has 7 heteroatoms. The van der Waals surface area contributed by atoms with Gasteiger partial charge in [-0.05, 0) is 80.5 Å². The highest BCUT2D eigenvalue weighted by Crippen LogP contribution is 2.46. The fourth-order valence-corrected chi connectivity index (χ4v) is 5.22. The van der Waals surface area contributed by atoms with Crippen molar-refractivity contribution in [3.63, 3.8) is 0 Å². The molecule has 0 radical (unpaired) electrons. The summed E-state index contributed by atoms with van der Waals surface area (Å²) in [4.78, 5) is 11.5. The number of hydrogen-bond donors (Lipinski definition) is 1. The molecule has 172 valence electrons. The first-order chi connectivity index (χ1) is 16.5. The first kappa shape index (κ1) is 22.1. The molecule has 0 bridgehead atoms. The van der Waals surface area contributed by atoms with Gasteiger partial charge in [0.2, 0.25) is 0 Å². The third-order valence-electron chi connectivity index (χ3n) is 6.43. The van der Waals surface area contributed by atoms with Crippen LogP contribution in [0.1, 0.15) is 40.3 Å². The zero-order valence-electron chi connectivity index (χ0n) is 19.7. The lowest BCUT2D eigenvalue weighted by Gasteiger charge is -2.29. The first-order valence-electron chi connectivity index (χ1n) is 11.3. The molecule has 1 aliphatic heterocycles. The number of methoxy groups -OCH3 is 1. The summed E-state index contributed by atoms with van der Waals surface area (Å²) in [6.07, 6.45) is 3.66. The predicted molar refractivity (Wildman–Crippen MR) is 139 cm³/mol. The monoisotopic (exact) mass is 469 g/mol. The average molecular weight is 470 g/mol. The number of rotatable bonds is 5. The Bertz CT molecular complexity index is 1350. The van der Waals surface area contributed by atoms with Crippen molar-refractivity contribution in [3.8, 4) is 11.6 Å². The van der Waals surface area contributed by atoms with E-state index in [4.69, 9.17) is 17.0 Å². The minimum absolute atomic E-state index is 0.123. The Labute approximate surface area is 205 Å². The second-order valence-corrected chi connectivity index (χ2v) is 8.86. The average Bonchev–Trinajstić information content (AvgIpc) is 3.35. The number of pyridine rings is 2. The topological polar surface area (TPSA) is 55.2 Å². The lowest BCUT2D eigenvalue weighted by atomic mass is 9.96. The van der Waals surface area contributed by atoms with Crippen LogP contribution in [0.5, 0.6) is 5.75 Å². The van der Waals surface area contributed by atoms with E-state index in [0.29, 0.717) is 5.11 Å². The fraction of sp³-hybridized carbons (Fsp3) is 0.222. The standard InChI is InChI=1S/C27H27N5OS/c1-17-10-9-15-29-26(17)31-18(2)16-20(19(31)3)25-24(21-11-7-8-14-28-21)30-27(34)32(25)22-12-5-6-13-23(22)33-4/h5-16,24-25H,1-4H3,(H,30,34)/t24-,25-/m0/s1. The molecule has 1 fully saturated rings. The van der Waals surface area contributed by atoms with Crippen LogP contribution in [-0.4, -0.2) is 26.8 Å². The molecule has 3 aromatic heterocycles. The van der Waals surface area contributed by atoms with E-state index in [-0.39, 0.29) is 12.1 Å². The van der Waals surface area contributed by atoms with Crippen molar-refractivity contribution < 1.29 is 4.74 Å². The van der Waals surface area contributed by atoms with Gasteiger partial charge in [-0.25, -0.2) is 4.98 Å². The minimum Gasteiger partial charge on any atom is -0.495 e. The summed E-state index contributed by atoms with van der Waals surface area (Å²) in [5.74, 6) is 1.71. The van der Waals surface area contributed by atoms with Crippen LogP contribution in [0.2, 0.25) is 0 Å². The van der Waals surface area contributed by atoms with Crippen molar-refractivity contribution >= 4 is 23.0 Å². The van der Waals surface area contributed by atoms with Gasteiger partial charge in [0.15, 0.2) is 5.11 Å². The molecule has 1 aromatic carbocycles. The highest BCUT2D eigenvalue weighted by molar-refractivity contribution is 7.80. The summed E-state index contributed by atoms with van der Waals surface area (Å²) in [7, 11) is 1.69. The van der Waals surface area contributed by atoms with Crippen LogP contribution in [0.25, 0.3) is 5.82 Å². The van der Waals surface area contributed by atoms with Crippen LogP contribution in [0.3, 0.4) is 0 Å². The maximum Gasteiger partial charge on any atom is 0.174 e. The molecule has 0 spiro atoms. The number of nitrogens with one attached hydrogen (secondary N) is 1. The van der Waals surface area contributed by atoms with Gasteiger partial charge in [-0.1, -0.05) is 24.3 Å². The van der Waals surface area contributed by atoms with Gasteiger partial charge >= 0.3 is 0 Å². The van der Waals surface area contributed by atoms with Gasteiger partial charge in [0.05, 0.1) is 30.6 Å². The summed E-state index contributed by atoms with van der Waals surface area (Å²) in [5, 5.41) is 4.18. The van der Waals surface area contributed by atoms with Gasteiger partial charge in [-0.15, -0.1) is 0 Å². The molecule has 2 atom stereocenters. The molecule has 0 amide bonds. The van der Waals surface area contributed by atoms with Crippen LogP contribution in [0.4, 0.5) is 5.69 Å². The molecular weight excluding hydrogens is 442 g/mol. The van der Waals surface area contributed by atoms with E-state index in [1.165, 1.54) is 0 Å². The highest BCUT2D eigenvalue weighted by atomic mass is 32.1. The van der Waals surface area contributed by atoms with Gasteiger partial charge in [0, 0.05) is 23.8 Å². The molecule has 34 heavy (non-hydrogen) atoms. The number of nitrogens with zero attached hydrogens (tertiary/aromatic N) is 4. The number of aromatic nitrogens is 3. The van der Waals surface area contributed by atoms with Crippen molar-refractivity contribution in [1.29, 1.82) is 0 Å². The molecule has 1 N–H and O–H groups in total. The Morgan fingerprint density at radius 3 is 2.44 bits per heavy atom. The normalized spacial score (nSPS) is 17.6. The molecular formula is C27H27N5OS. The molecule has 0 unspecified atom stereocenters. The largest absolute Gasteiger partial charge is 0.495 e. The Kier molecular flexibility index (Phi) is 5.79. The van der Waals surface area contributed by atoms with E-state index < -0.39 is 0 Å². The molecule has 5 rings (SSSR count). The van der Waals surface area contributed by atoms with Gasteiger partial charge in [-0.3, -0.25) is 4.98 Å². The summed E-state index contributed by atoms with van der Waals surface area (Å²) >= 11 is 5.89. The summed E-state index contributed by atoms with van der Waals surface area (Å²) in [6.45, 7) is 6.35. The number of aryl methyl sites for hydroxylation is 2. The number of para-hydroxylation sites is 2. The van der Waals surface area contributed by atoms with E-state index >= 15 is 0 Å². The number of anilines is 1. The summed E-state index contributed by atoms with van der Waals surface area (Å²) < 4.78 is 7.94. The molecule has 4 aromatic rings. The Balaban J connectivity index is 1.72. The quantitative estimate of drug-likeness (QED) is 0.396. The molecule has 0 aliphatic carbocycles. The second-order valence-electron chi connectivity index (χ2n) is 8.47. The Morgan fingerprint density at radius 2 is 1.71 bits per heavy atom. The Morgan fingerprint density at radius 1 is 0.941 bits per heavy atom. The van der Waals surface area contributed by atoms with Crippen LogP contribution in [0.15, 0.2) is 73.1 Å². The molecule has 6 nitrogen and oxygen atoms in total.